The Balaban J connectivity index is 1.94. The summed E-state index contributed by atoms with van der Waals surface area (Å²) in [5.74, 6) is 0.477. The number of fused-ring (bicyclic) bond motifs is 1. The van der Waals surface area contributed by atoms with E-state index in [9.17, 15) is 10.2 Å². The van der Waals surface area contributed by atoms with Gasteiger partial charge in [-0.05, 0) is 38.0 Å². The summed E-state index contributed by atoms with van der Waals surface area (Å²) in [6, 6.07) is 7.77. The van der Waals surface area contributed by atoms with E-state index >= 15 is 0 Å². The molecular formula is C16H20O3. The van der Waals surface area contributed by atoms with Gasteiger partial charge in [0, 0.05) is 5.39 Å². The Hall–Kier alpha value is -1.32. The van der Waals surface area contributed by atoms with Crippen LogP contribution in [0.5, 0.6) is 0 Å². The molecule has 0 radical (unpaired) electrons. The molecule has 1 saturated carbocycles. The largest absolute Gasteiger partial charge is 0.458 e. The lowest BCUT2D eigenvalue weighted by molar-refractivity contribution is -0.106. The van der Waals surface area contributed by atoms with Gasteiger partial charge in [-0.25, -0.2) is 0 Å². The van der Waals surface area contributed by atoms with E-state index in [1.807, 2.05) is 31.2 Å². The molecular weight excluding hydrogens is 240 g/mol. The molecule has 0 saturated heterocycles. The highest BCUT2D eigenvalue weighted by molar-refractivity contribution is 5.78. The number of furan rings is 1. The number of aliphatic hydroxyl groups is 2. The highest BCUT2D eigenvalue weighted by Gasteiger charge is 2.39. The number of rotatable bonds is 2. The molecule has 0 amide bonds. The van der Waals surface area contributed by atoms with Gasteiger partial charge in [-0.15, -0.1) is 0 Å². The van der Waals surface area contributed by atoms with Gasteiger partial charge in [0.25, 0.3) is 0 Å². The standard InChI is InChI=1S/C16H20O3/c1-11-5-6-13-12(9-11)10-14(19-13)15(17)16(18)7-3-2-4-8-16/h5-6,9-10,15,17-18H,2-4,7-8H2,1H3. The summed E-state index contributed by atoms with van der Waals surface area (Å²) < 4.78 is 5.69. The van der Waals surface area contributed by atoms with Gasteiger partial charge in [-0.2, -0.15) is 0 Å². The maximum atomic E-state index is 10.6. The number of aryl methyl sites for hydroxylation is 1. The second kappa shape index (κ2) is 4.66. The maximum absolute atomic E-state index is 10.6. The van der Waals surface area contributed by atoms with Crippen molar-refractivity contribution < 1.29 is 14.6 Å². The van der Waals surface area contributed by atoms with E-state index in [1.165, 1.54) is 0 Å². The van der Waals surface area contributed by atoms with Crippen molar-refractivity contribution >= 4 is 11.0 Å². The molecule has 0 spiro atoms. The van der Waals surface area contributed by atoms with Crippen LogP contribution in [-0.2, 0) is 0 Å². The zero-order chi connectivity index (χ0) is 13.5. The van der Waals surface area contributed by atoms with Gasteiger partial charge in [0.15, 0.2) is 0 Å². The summed E-state index contributed by atoms with van der Waals surface area (Å²) in [6.45, 7) is 2.03. The minimum Gasteiger partial charge on any atom is -0.458 e. The van der Waals surface area contributed by atoms with Crippen LogP contribution in [0.4, 0.5) is 0 Å². The first-order valence-electron chi connectivity index (χ1n) is 6.99. The Kier molecular flexibility index (Phi) is 3.11. The topological polar surface area (TPSA) is 53.6 Å². The Labute approximate surface area is 112 Å². The minimum atomic E-state index is -1.03. The summed E-state index contributed by atoms with van der Waals surface area (Å²) in [4.78, 5) is 0. The van der Waals surface area contributed by atoms with E-state index < -0.39 is 11.7 Å². The number of aliphatic hydroxyl groups excluding tert-OH is 1. The fourth-order valence-electron chi connectivity index (χ4n) is 3.02. The van der Waals surface area contributed by atoms with Crippen LogP contribution in [0.3, 0.4) is 0 Å². The van der Waals surface area contributed by atoms with Crippen LogP contribution in [0, 0.1) is 6.92 Å². The van der Waals surface area contributed by atoms with Crippen LogP contribution in [0.1, 0.15) is 49.5 Å². The molecule has 19 heavy (non-hydrogen) atoms. The maximum Gasteiger partial charge on any atom is 0.140 e. The number of hydrogen-bond acceptors (Lipinski definition) is 3. The summed E-state index contributed by atoms with van der Waals surface area (Å²) in [5, 5.41) is 22.0. The fraction of sp³-hybridized carbons (Fsp3) is 0.500. The first kappa shape index (κ1) is 12.7. The molecule has 2 N–H and O–H groups in total. The molecule has 102 valence electrons. The molecule has 0 bridgehead atoms. The first-order valence-corrected chi connectivity index (χ1v) is 6.99. The SMILES string of the molecule is Cc1ccc2oc(C(O)C3(O)CCCCC3)cc2c1. The van der Waals surface area contributed by atoms with Crippen LogP contribution in [-0.4, -0.2) is 15.8 Å². The molecule has 2 aromatic rings. The third-order valence-electron chi connectivity index (χ3n) is 4.19. The Bertz CT molecular complexity index is 579. The quantitative estimate of drug-likeness (QED) is 0.869. The third kappa shape index (κ3) is 2.28. The van der Waals surface area contributed by atoms with E-state index in [0.717, 1.165) is 35.8 Å². The minimum absolute atomic E-state index is 0.477. The second-order valence-corrected chi connectivity index (χ2v) is 5.76. The van der Waals surface area contributed by atoms with Gasteiger partial charge in [-0.3, -0.25) is 0 Å². The third-order valence-corrected chi connectivity index (χ3v) is 4.19. The van der Waals surface area contributed by atoms with Crippen molar-refractivity contribution in [3.05, 3.63) is 35.6 Å². The van der Waals surface area contributed by atoms with Crippen LogP contribution in [0.2, 0.25) is 0 Å². The molecule has 3 nitrogen and oxygen atoms in total. The normalized spacial score (nSPS) is 20.6. The van der Waals surface area contributed by atoms with E-state index in [1.54, 1.807) is 0 Å². The van der Waals surface area contributed by atoms with Crippen LogP contribution < -0.4 is 0 Å². The van der Waals surface area contributed by atoms with Gasteiger partial charge < -0.3 is 14.6 Å². The Morgan fingerprint density at radius 3 is 2.63 bits per heavy atom. The molecule has 3 rings (SSSR count). The van der Waals surface area contributed by atoms with Crippen LogP contribution in [0.25, 0.3) is 11.0 Å². The zero-order valence-corrected chi connectivity index (χ0v) is 11.2. The van der Waals surface area contributed by atoms with Gasteiger partial charge in [-0.1, -0.05) is 30.9 Å². The smallest absolute Gasteiger partial charge is 0.140 e. The Morgan fingerprint density at radius 1 is 1.16 bits per heavy atom. The van der Waals surface area contributed by atoms with E-state index in [0.29, 0.717) is 18.6 Å². The molecule has 1 fully saturated rings. The first-order chi connectivity index (χ1) is 9.08. The molecule has 1 aliphatic carbocycles. The lowest BCUT2D eigenvalue weighted by Crippen LogP contribution is -2.38. The molecule has 1 aromatic carbocycles. The van der Waals surface area contributed by atoms with E-state index in [4.69, 9.17) is 4.42 Å². The molecule has 3 heteroatoms. The Morgan fingerprint density at radius 2 is 1.89 bits per heavy atom. The van der Waals surface area contributed by atoms with Crippen molar-refractivity contribution in [3.63, 3.8) is 0 Å². The molecule has 1 unspecified atom stereocenters. The number of hydrogen-bond donors (Lipinski definition) is 2. The average molecular weight is 260 g/mol. The van der Waals surface area contributed by atoms with Crippen LogP contribution >= 0.6 is 0 Å². The second-order valence-electron chi connectivity index (χ2n) is 5.76. The van der Waals surface area contributed by atoms with Crippen molar-refractivity contribution in [2.45, 2.75) is 50.7 Å². The molecule has 1 atom stereocenters. The van der Waals surface area contributed by atoms with Gasteiger partial charge in [0.05, 0.1) is 5.60 Å². The van der Waals surface area contributed by atoms with Crippen molar-refractivity contribution in [1.82, 2.24) is 0 Å². The summed E-state index contributed by atoms with van der Waals surface area (Å²) in [6.07, 6.45) is 3.42. The summed E-state index contributed by atoms with van der Waals surface area (Å²) in [5.41, 5.74) is 0.894. The average Bonchev–Trinajstić information content (AvgIpc) is 2.81. The number of benzene rings is 1. The van der Waals surface area contributed by atoms with Crippen LogP contribution in [0.15, 0.2) is 28.7 Å². The van der Waals surface area contributed by atoms with Gasteiger partial charge >= 0.3 is 0 Å². The lowest BCUT2D eigenvalue weighted by Gasteiger charge is -2.35. The predicted octanol–water partition coefficient (Wildman–Crippen LogP) is 3.47. The van der Waals surface area contributed by atoms with Gasteiger partial charge in [0.1, 0.15) is 17.4 Å². The predicted molar refractivity (Wildman–Crippen MR) is 73.9 cm³/mol. The highest BCUT2D eigenvalue weighted by atomic mass is 16.4. The van der Waals surface area contributed by atoms with Crippen molar-refractivity contribution in [1.29, 1.82) is 0 Å². The molecule has 1 heterocycles. The van der Waals surface area contributed by atoms with Crippen molar-refractivity contribution in [2.24, 2.45) is 0 Å². The zero-order valence-electron chi connectivity index (χ0n) is 11.2. The monoisotopic (exact) mass is 260 g/mol. The molecule has 1 aromatic heterocycles. The molecule has 0 aliphatic heterocycles. The van der Waals surface area contributed by atoms with Crippen molar-refractivity contribution in [2.75, 3.05) is 0 Å². The lowest BCUT2D eigenvalue weighted by atomic mass is 9.80. The summed E-state index contributed by atoms with van der Waals surface area (Å²) >= 11 is 0. The highest BCUT2D eigenvalue weighted by Crippen LogP contribution is 2.39. The molecule has 1 aliphatic rings. The van der Waals surface area contributed by atoms with Gasteiger partial charge in [0.2, 0.25) is 0 Å². The van der Waals surface area contributed by atoms with E-state index in [2.05, 4.69) is 0 Å². The van der Waals surface area contributed by atoms with E-state index in [-0.39, 0.29) is 0 Å². The summed E-state index contributed by atoms with van der Waals surface area (Å²) in [7, 11) is 0. The van der Waals surface area contributed by atoms with Crippen molar-refractivity contribution in [3.8, 4) is 0 Å². The fourth-order valence-corrected chi connectivity index (χ4v) is 3.02.